The Balaban J connectivity index is 1.65. The van der Waals surface area contributed by atoms with Gasteiger partial charge in [0.2, 0.25) is 0 Å². The predicted octanol–water partition coefficient (Wildman–Crippen LogP) is 3.18. The van der Waals surface area contributed by atoms with Gasteiger partial charge in [-0.05, 0) is 55.0 Å². The van der Waals surface area contributed by atoms with Crippen molar-refractivity contribution in [3.05, 3.63) is 47.3 Å². The molecule has 5 nitrogen and oxygen atoms in total. The van der Waals surface area contributed by atoms with Crippen LogP contribution in [-0.4, -0.2) is 15.8 Å². The Morgan fingerprint density at radius 2 is 2.14 bits per heavy atom. The molecule has 116 valence electrons. The third-order valence-corrected chi connectivity index (χ3v) is 4.29. The third kappa shape index (κ3) is 2.98. The smallest absolute Gasteiger partial charge is 0.319 e. The zero-order valence-corrected chi connectivity index (χ0v) is 13.1. The van der Waals surface area contributed by atoms with Crippen LogP contribution < -0.4 is 10.6 Å². The lowest BCUT2D eigenvalue weighted by Crippen LogP contribution is -2.33. The monoisotopic (exact) mass is 298 g/mol. The van der Waals surface area contributed by atoms with Gasteiger partial charge in [0.25, 0.3) is 0 Å². The summed E-state index contributed by atoms with van der Waals surface area (Å²) in [5.41, 5.74) is 4.63. The van der Waals surface area contributed by atoms with E-state index in [2.05, 4.69) is 27.9 Å². The van der Waals surface area contributed by atoms with E-state index in [1.165, 1.54) is 17.5 Å². The summed E-state index contributed by atoms with van der Waals surface area (Å²) >= 11 is 0. The number of fused-ring (bicyclic) bond motifs is 1. The summed E-state index contributed by atoms with van der Waals surface area (Å²) in [7, 11) is 1.89. The highest BCUT2D eigenvalue weighted by atomic mass is 16.2. The SMILES string of the molecule is CCC(NC(=O)Nc1ccc2c(c1)CCC2)c1ccnn1C. The lowest BCUT2D eigenvalue weighted by atomic mass is 10.1. The van der Waals surface area contributed by atoms with Crippen molar-refractivity contribution in [1.29, 1.82) is 0 Å². The molecule has 0 fully saturated rings. The van der Waals surface area contributed by atoms with Crippen molar-refractivity contribution in [1.82, 2.24) is 15.1 Å². The highest BCUT2D eigenvalue weighted by Gasteiger charge is 2.16. The molecule has 22 heavy (non-hydrogen) atoms. The summed E-state index contributed by atoms with van der Waals surface area (Å²) in [6.45, 7) is 2.05. The normalized spacial score (nSPS) is 14.5. The van der Waals surface area contributed by atoms with E-state index in [9.17, 15) is 4.79 Å². The summed E-state index contributed by atoms with van der Waals surface area (Å²) in [6, 6.07) is 7.91. The Labute approximate surface area is 130 Å². The van der Waals surface area contributed by atoms with Crippen LogP contribution in [-0.2, 0) is 19.9 Å². The maximum Gasteiger partial charge on any atom is 0.319 e. The standard InChI is InChI=1S/C17H22N4O/c1-3-15(16-9-10-18-21(16)2)20-17(22)19-14-8-7-12-5-4-6-13(12)11-14/h7-11,15H,3-6H2,1-2H3,(H2,19,20,22). The minimum Gasteiger partial charge on any atom is -0.330 e. The van der Waals surface area contributed by atoms with Gasteiger partial charge < -0.3 is 10.6 Å². The van der Waals surface area contributed by atoms with Crippen LogP contribution in [0.2, 0.25) is 0 Å². The lowest BCUT2D eigenvalue weighted by molar-refractivity contribution is 0.247. The van der Waals surface area contributed by atoms with Gasteiger partial charge in [-0.2, -0.15) is 5.10 Å². The van der Waals surface area contributed by atoms with Crippen molar-refractivity contribution < 1.29 is 4.79 Å². The van der Waals surface area contributed by atoms with Crippen LogP contribution in [0.15, 0.2) is 30.5 Å². The van der Waals surface area contributed by atoms with Gasteiger partial charge in [0, 0.05) is 18.9 Å². The van der Waals surface area contributed by atoms with Crippen molar-refractivity contribution in [3.8, 4) is 0 Å². The van der Waals surface area contributed by atoms with Gasteiger partial charge in [0.15, 0.2) is 0 Å². The molecule has 1 atom stereocenters. The first-order valence-corrected chi connectivity index (χ1v) is 7.84. The molecule has 0 saturated heterocycles. The number of hydrogen-bond donors (Lipinski definition) is 2. The number of aromatic nitrogens is 2. The number of nitrogens with zero attached hydrogens (tertiary/aromatic N) is 2. The second kappa shape index (κ2) is 6.22. The molecule has 1 aliphatic carbocycles. The first-order valence-electron chi connectivity index (χ1n) is 7.84. The summed E-state index contributed by atoms with van der Waals surface area (Å²) in [5, 5.41) is 10.1. The number of benzene rings is 1. The van der Waals surface area contributed by atoms with Crippen LogP contribution in [0.5, 0.6) is 0 Å². The highest BCUT2D eigenvalue weighted by molar-refractivity contribution is 5.89. The highest BCUT2D eigenvalue weighted by Crippen LogP contribution is 2.25. The molecule has 0 saturated carbocycles. The Kier molecular flexibility index (Phi) is 4.13. The third-order valence-electron chi connectivity index (χ3n) is 4.29. The molecule has 1 unspecified atom stereocenters. The first-order chi connectivity index (χ1) is 10.7. The van der Waals surface area contributed by atoms with E-state index in [4.69, 9.17) is 0 Å². The molecule has 0 spiro atoms. The summed E-state index contributed by atoms with van der Waals surface area (Å²) in [5.74, 6) is 0. The number of rotatable bonds is 4. The van der Waals surface area contributed by atoms with E-state index in [0.29, 0.717) is 0 Å². The molecule has 1 aromatic carbocycles. The average molecular weight is 298 g/mol. The largest absolute Gasteiger partial charge is 0.330 e. The number of carbonyl (C=O) groups is 1. The Morgan fingerprint density at radius 1 is 1.32 bits per heavy atom. The van der Waals surface area contributed by atoms with Crippen LogP contribution in [0, 0.1) is 0 Å². The van der Waals surface area contributed by atoms with Crippen molar-refractivity contribution in [3.63, 3.8) is 0 Å². The van der Waals surface area contributed by atoms with Crippen LogP contribution in [0.1, 0.15) is 42.6 Å². The molecule has 0 bridgehead atoms. The molecular formula is C17H22N4O. The zero-order chi connectivity index (χ0) is 15.5. The number of carbonyl (C=O) groups excluding carboxylic acids is 1. The first kappa shape index (κ1) is 14.6. The fourth-order valence-electron chi connectivity index (χ4n) is 3.09. The van der Waals surface area contributed by atoms with E-state index in [1.807, 2.05) is 26.1 Å². The predicted molar refractivity (Wildman–Crippen MR) is 86.9 cm³/mol. The second-order valence-corrected chi connectivity index (χ2v) is 5.78. The summed E-state index contributed by atoms with van der Waals surface area (Å²) in [6.07, 6.45) is 6.04. The minimum absolute atomic E-state index is 0.0399. The molecule has 0 aliphatic heterocycles. The van der Waals surface area contributed by atoms with Gasteiger partial charge in [-0.25, -0.2) is 4.79 Å². The Bertz CT molecular complexity index is 677. The average Bonchev–Trinajstić information content (AvgIpc) is 3.13. The number of nitrogens with one attached hydrogen (secondary N) is 2. The van der Waals surface area contributed by atoms with E-state index in [1.54, 1.807) is 10.9 Å². The maximum atomic E-state index is 12.2. The summed E-state index contributed by atoms with van der Waals surface area (Å²) < 4.78 is 1.80. The maximum absolute atomic E-state index is 12.2. The van der Waals surface area contributed by atoms with Crippen LogP contribution in [0.4, 0.5) is 10.5 Å². The zero-order valence-electron chi connectivity index (χ0n) is 13.1. The molecule has 2 aromatic rings. The quantitative estimate of drug-likeness (QED) is 0.910. The summed E-state index contributed by atoms with van der Waals surface area (Å²) in [4.78, 5) is 12.2. The van der Waals surface area contributed by atoms with Crippen molar-refractivity contribution in [2.24, 2.45) is 7.05 Å². The van der Waals surface area contributed by atoms with Gasteiger partial charge >= 0.3 is 6.03 Å². The van der Waals surface area contributed by atoms with Crippen molar-refractivity contribution in [2.75, 3.05) is 5.32 Å². The number of amides is 2. The Morgan fingerprint density at radius 3 is 2.86 bits per heavy atom. The molecular weight excluding hydrogens is 276 g/mol. The molecule has 1 aliphatic rings. The van der Waals surface area contributed by atoms with Crippen molar-refractivity contribution >= 4 is 11.7 Å². The van der Waals surface area contributed by atoms with Gasteiger partial charge in [0.1, 0.15) is 0 Å². The Hall–Kier alpha value is -2.30. The number of anilines is 1. The molecule has 0 radical (unpaired) electrons. The minimum atomic E-state index is -0.175. The van der Waals surface area contributed by atoms with E-state index < -0.39 is 0 Å². The fraction of sp³-hybridized carbons (Fsp3) is 0.412. The van der Waals surface area contributed by atoms with Crippen LogP contribution in [0.25, 0.3) is 0 Å². The molecule has 3 rings (SSSR count). The number of hydrogen-bond acceptors (Lipinski definition) is 2. The second-order valence-electron chi connectivity index (χ2n) is 5.78. The molecule has 2 amide bonds. The number of aryl methyl sites for hydroxylation is 3. The molecule has 5 heteroatoms. The van der Waals surface area contributed by atoms with Gasteiger partial charge in [-0.3, -0.25) is 4.68 Å². The van der Waals surface area contributed by atoms with Gasteiger partial charge in [-0.1, -0.05) is 13.0 Å². The van der Waals surface area contributed by atoms with Crippen LogP contribution >= 0.6 is 0 Å². The lowest BCUT2D eigenvalue weighted by Gasteiger charge is -2.18. The van der Waals surface area contributed by atoms with E-state index in [-0.39, 0.29) is 12.1 Å². The van der Waals surface area contributed by atoms with E-state index >= 15 is 0 Å². The van der Waals surface area contributed by atoms with Crippen LogP contribution in [0.3, 0.4) is 0 Å². The molecule has 2 N–H and O–H groups in total. The molecule has 1 aromatic heterocycles. The van der Waals surface area contributed by atoms with Gasteiger partial charge in [0.05, 0.1) is 11.7 Å². The fourth-order valence-corrected chi connectivity index (χ4v) is 3.09. The van der Waals surface area contributed by atoms with Gasteiger partial charge in [-0.15, -0.1) is 0 Å². The number of urea groups is 1. The topological polar surface area (TPSA) is 59.0 Å². The van der Waals surface area contributed by atoms with E-state index in [0.717, 1.165) is 30.6 Å². The molecule has 1 heterocycles. The van der Waals surface area contributed by atoms with Crippen molar-refractivity contribution in [2.45, 2.75) is 38.6 Å².